The van der Waals surface area contributed by atoms with Crippen LogP contribution in [-0.4, -0.2) is 33.7 Å². The van der Waals surface area contributed by atoms with Crippen LogP contribution in [0.2, 0.25) is 0 Å². The van der Waals surface area contributed by atoms with Gasteiger partial charge in [0.15, 0.2) is 0 Å². The van der Waals surface area contributed by atoms with E-state index in [9.17, 15) is 9.59 Å². The first-order valence-corrected chi connectivity index (χ1v) is 6.57. The van der Waals surface area contributed by atoms with Crippen molar-refractivity contribution >= 4 is 23.2 Å². The van der Waals surface area contributed by atoms with Crippen molar-refractivity contribution in [3.8, 4) is 0 Å². The van der Waals surface area contributed by atoms with Crippen molar-refractivity contribution in [3.63, 3.8) is 0 Å². The van der Waals surface area contributed by atoms with E-state index in [0.29, 0.717) is 17.9 Å². The van der Waals surface area contributed by atoms with E-state index in [2.05, 4.69) is 25.6 Å². The van der Waals surface area contributed by atoms with E-state index in [1.807, 2.05) is 0 Å². The lowest BCUT2D eigenvalue weighted by Crippen LogP contribution is -2.49. The fourth-order valence-corrected chi connectivity index (χ4v) is 2.37. The Labute approximate surface area is 119 Å². The van der Waals surface area contributed by atoms with Crippen LogP contribution in [0.5, 0.6) is 0 Å². The van der Waals surface area contributed by atoms with Crippen molar-refractivity contribution in [2.45, 2.75) is 26.8 Å². The van der Waals surface area contributed by atoms with Gasteiger partial charge in [0.1, 0.15) is 11.4 Å². The Kier molecular flexibility index (Phi) is 4.63. The summed E-state index contributed by atoms with van der Waals surface area (Å²) in [6, 6.07) is -0.00131. The number of nitrogens with one attached hydrogen (secondary N) is 1. The van der Waals surface area contributed by atoms with Crippen molar-refractivity contribution < 1.29 is 0 Å². The molecule has 1 aromatic rings. The van der Waals surface area contributed by atoms with Crippen LogP contribution in [0.15, 0.2) is 9.59 Å². The highest BCUT2D eigenvalue weighted by Gasteiger charge is 2.30. The smallest absolute Gasteiger partial charge is 0.253 e. The Balaban J connectivity index is 2.97. The van der Waals surface area contributed by atoms with Crippen LogP contribution >= 0.6 is 11.8 Å². The molecule has 19 heavy (non-hydrogen) atoms. The van der Waals surface area contributed by atoms with E-state index in [1.54, 1.807) is 30.9 Å². The van der Waals surface area contributed by atoms with E-state index in [1.165, 1.54) is 0 Å². The molecule has 1 atom stereocenters. The molecule has 0 unspecified atom stereocenters. The first-order chi connectivity index (χ1) is 8.61. The zero-order chi connectivity index (χ0) is 15.0. The van der Waals surface area contributed by atoms with Crippen LogP contribution in [0.1, 0.15) is 20.8 Å². The van der Waals surface area contributed by atoms with Crippen LogP contribution in [0.25, 0.3) is 0 Å². The molecular weight excluding hydrogens is 266 g/mol. The molecule has 0 saturated carbocycles. The Bertz CT molecular complexity index is 513. The molecule has 0 spiro atoms. The van der Waals surface area contributed by atoms with Gasteiger partial charge in [-0.05, 0) is 17.2 Å². The van der Waals surface area contributed by atoms with Crippen LogP contribution in [0, 0.1) is 5.41 Å². The maximum atomic E-state index is 11.7. The number of nitrogens with zero attached hydrogens (tertiary/aromatic N) is 2. The zero-order valence-corrected chi connectivity index (χ0v) is 13.1. The van der Waals surface area contributed by atoms with Gasteiger partial charge in [-0.15, -0.1) is 0 Å². The normalized spacial score (nSPS) is 13.6. The molecule has 0 bridgehead atoms. The molecule has 0 aromatic heterocycles. The monoisotopic (exact) mass is 287 g/mol. The van der Waals surface area contributed by atoms with E-state index >= 15 is 0 Å². The predicted octanol–water partition coefficient (Wildman–Crippen LogP) is 0.943. The van der Waals surface area contributed by atoms with Gasteiger partial charge in [-0.1, -0.05) is 20.8 Å². The fourth-order valence-electron chi connectivity index (χ4n) is 1.97. The summed E-state index contributed by atoms with van der Waals surface area (Å²) in [6.07, 6.45) is 0. The molecule has 5 nitrogen and oxygen atoms in total. The van der Waals surface area contributed by atoms with Crippen LogP contribution in [0.3, 0.4) is 0 Å². The van der Waals surface area contributed by atoms with Crippen molar-refractivity contribution in [3.05, 3.63) is 20.4 Å². The molecule has 108 valence electrons. The largest absolute Gasteiger partial charge is 0.373 e. The zero-order valence-electron chi connectivity index (χ0n) is 12.4. The second-order valence-electron chi connectivity index (χ2n) is 6.16. The van der Waals surface area contributed by atoms with Gasteiger partial charge in [-0.3, -0.25) is 9.59 Å². The van der Waals surface area contributed by atoms with Crippen molar-refractivity contribution in [1.29, 1.82) is 0 Å². The molecule has 1 aromatic carbocycles. The lowest BCUT2D eigenvalue weighted by atomic mass is 9.87. The molecule has 6 heteroatoms. The van der Waals surface area contributed by atoms with E-state index in [0.717, 1.165) is 0 Å². The third-order valence-electron chi connectivity index (χ3n) is 3.32. The lowest BCUT2D eigenvalue weighted by molar-refractivity contribution is 0.305. The predicted molar refractivity (Wildman–Crippen MR) is 81.2 cm³/mol. The average Bonchev–Trinajstić information content (AvgIpc) is 2.28. The highest BCUT2D eigenvalue weighted by atomic mass is 35.5. The fraction of sp³-hybridized carbons (Fsp3) is 0.692. The van der Waals surface area contributed by atoms with Gasteiger partial charge in [-0.2, -0.15) is 0 Å². The van der Waals surface area contributed by atoms with Crippen molar-refractivity contribution in [1.82, 2.24) is 4.84 Å². The molecular formula is C13H22ClN3O2. The third kappa shape index (κ3) is 3.09. The molecule has 0 heterocycles. The minimum atomic E-state index is -0.423. The van der Waals surface area contributed by atoms with Gasteiger partial charge >= 0.3 is 0 Å². The number of anilines is 2. The maximum absolute atomic E-state index is 11.7. The number of likely N-dealkylation sites (N-methyl/N-ethyl adjacent to an activating group) is 1. The summed E-state index contributed by atoms with van der Waals surface area (Å²) in [5.41, 5.74) is 0.0448. The molecule has 0 saturated heterocycles. The Morgan fingerprint density at radius 2 is 1.58 bits per heavy atom. The lowest BCUT2D eigenvalue weighted by Gasteiger charge is -2.35. The van der Waals surface area contributed by atoms with Crippen molar-refractivity contribution in [2.24, 2.45) is 5.41 Å². The van der Waals surface area contributed by atoms with Gasteiger partial charge < -0.3 is 9.80 Å². The van der Waals surface area contributed by atoms with Gasteiger partial charge in [0.05, 0.1) is 0 Å². The molecule has 0 aliphatic rings. The summed E-state index contributed by atoms with van der Waals surface area (Å²) in [6.45, 7) is 6.75. The molecule has 0 fully saturated rings. The van der Waals surface area contributed by atoms with Gasteiger partial charge in [0.2, 0.25) is 0 Å². The van der Waals surface area contributed by atoms with E-state index in [-0.39, 0.29) is 11.5 Å². The summed E-state index contributed by atoms with van der Waals surface area (Å²) in [4.78, 5) is 29.5. The molecule has 1 N–H and O–H groups in total. The molecule has 0 aliphatic carbocycles. The molecule has 0 radical (unpaired) electrons. The average molecular weight is 288 g/mol. The second kappa shape index (κ2) is 5.51. The van der Waals surface area contributed by atoms with Gasteiger partial charge in [0, 0.05) is 33.7 Å². The Morgan fingerprint density at radius 1 is 1.11 bits per heavy atom. The summed E-state index contributed by atoms with van der Waals surface area (Å²) < 4.78 is 0. The quantitative estimate of drug-likeness (QED) is 0.645. The molecule has 1 rings (SSSR count). The molecule has 0 amide bonds. The second-order valence-corrected chi connectivity index (χ2v) is 6.38. The van der Waals surface area contributed by atoms with Crippen LogP contribution < -0.4 is 25.5 Å². The van der Waals surface area contributed by atoms with E-state index < -0.39 is 10.9 Å². The van der Waals surface area contributed by atoms with Gasteiger partial charge in [0.25, 0.3) is 10.9 Å². The number of hydrogen-bond acceptors (Lipinski definition) is 5. The minimum absolute atomic E-state index is 0.00131. The van der Waals surface area contributed by atoms with Crippen LogP contribution in [0.4, 0.5) is 11.4 Å². The first kappa shape index (κ1) is 16.0. The number of rotatable bonds is 5. The summed E-state index contributed by atoms with van der Waals surface area (Å²) in [7, 11) is 5.32. The van der Waals surface area contributed by atoms with Gasteiger partial charge in [-0.25, -0.2) is 4.84 Å². The summed E-state index contributed by atoms with van der Waals surface area (Å²) in [5.74, 6) is 0. The summed E-state index contributed by atoms with van der Waals surface area (Å²) >= 11 is 5.77. The van der Waals surface area contributed by atoms with Crippen molar-refractivity contribution in [2.75, 3.05) is 37.5 Å². The summed E-state index contributed by atoms with van der Waals surface area (Å²) in [5, 5.41) is 0. The standard InChI is InChI=1S/C13H22ClN3O2/c1-13(2,3)8(15-14)7-17(6)10-9(16(4)5)11(18)12(10)19/h8,15H,7H2,1-6H3/t8-/m1/s1. The van der Waals surface area contributed by atoms with Crippen LogP contribution in [-0.2, 0) is 0 Å². The molecule has 0 aliphatic heterocycles. The highest BCUT2D eigenvalue weighted by Crippen LogP contribution is 2.25. The SMILES string of the molecule is CN(C)c1c(N(C)C[C@@H](NCl)C(C)(C)C)c(=O)c1=O. The van der Waals surface area contributed by atoms with E-state index in [4.69, 9.17) is 11.8 Å². The first-order valence-electron chi connectivity index (χ1n) is 6.19. The maximum Gasteiger partial charge on any atom is 0.253 e. The Hall–Kier alpha value is -1.07. The Morgan fingerprint density at radius 3 is 1.95 bits per heavy atom. The topological polar surface area (TPSA) is 52.6 Å². The number of hydrogen-bond donors (Lipinski definition) is 1. The minimum Gasteiger partial charge on any atom is -0.373 e. The third-order valence-corrected chi connectivity index (χ3v) is 3.59. The number of halogens is 1. The highest BCUT2D eigenvalue weighted by molar-refractivity contribution is 6.13.